The van der Waals surface area contributed by atoms with Crippen molar-refractivity contribution < 1.29 is 9.18 Å². The van der Waals surface area contributed by atoms with Gasteiger partial charge < -0.3 is 4.90 Å². The highest BCUT2D eigenvalue weighted by atomic mass is 19.1. The third kappa shape index (κ3) is 3.43. The maximum Gasteiger partial charge on any atom is 0.256 e. The summed E-state index contributed by atoms with van der Waals surface area (Å²) in [5.74, 6) is -0.0210. The molecular weight excluding hydrogens is 381 g/mol. The number of likely N-dealkylation sites (tertiary alicyclic amines) is 1. The summed E-state index contributed by atoms with van der Waals surface area (Å²) in [6.07, 6.45) is 7.20. The Labute approximate surface area is 173 Å². The Morgan fingerprint density at radius 3 is 2.70 bits per heavy atom. The number of carbonyl (C=O) groups is 1. The van der Waals surface area contributed by atoms with Gasteiger partial charge in [0, 0.05) is 43.2 Å². The molecule has 0 spiro atoms. The smallest absolute Gasteiger partial charge is 0.256 e. The highest BCUT2D eigenvalue weighted by Crippen LogP contribution is 2.27. The quantitative estimate of drug-likeness (QED) is 0.521. The maximum absolute atomic E-state index is 14.1. The number of amides is 1. The molecule has 1 atom stereocenters. The van der Waals surface area contributed by atoms with Crippen LogP contribution in [0.3, 0.4) is 0 Å². The maximum atomic E-state index is 14.1. The van der Waals surface area contributed by atoms with E-state index in [4.69, 9.17) is 0 Å². The average molecular weight is 401 g/mol. The Kier molecular flexibility index (Phi) is 4.71. The lowest BCUT2D eigenvalue weighted by atomic mass is 9.96. The largest absolute Gasteiger partial charge is 0.338 e. The van der Waals surface area contributed by atoms with E-state index in [1.807, 2.05) is 30.5 Å². The van der Waals surface area contributed by atoms with Crippen molar-refractivity contribution in [1.29, 1.82) is 0 Å². The first-order valence-corrected chi connectivity index (χ1v) is 9.99. The Morgan fingerprint density at radius 1 is 1.03 bits per heavy atom. The number of benzene rings is 1. The van der Waals surface area contributed by atoms with Crippen LogP contribution in [0.1, 0.15) is 34.9 Å². The van der Waals surface area contributed by atoms with Crippen molar-refractivity contribution in [3.63, 3.8) is 0 Å². The molecule has 1 aliphatic heterocycles. The number of aromatic nitrogens is 4. The van der Waals surface area contributed by atoms with Crippen molar-refractivity contribution in [2.24, 2.45) is 0 Å². The standard InChI is InChI=1S/C23H20FN5O/c24-20-6-2-1-5-19(20)23(30)28-13-3-4-18(14-28)22-26-21-8-7-17(15-29(21)27-22)16-9-11-25-12-10-16/h1-2,5-12,15,18H,3-4,13-14H2/t18-/m1/s1. The van der Waals surface area contributed by atoms with Crippen LogP contribution in [0.25, 0.3) is 16.8 Å². The molecule has 3 aromatic heterocycles. The van der Waals surface area contributed by atoms with Crippen LogP contribution in [0.15, 0.2) is 67.1 Å². The first-order chi connectivity index (χ1) is 14.7. The van der Waals surface area contributed by atoms with E-state index in [0.29, 0.717) is 18.9 Å². The summed E-state index contributed by atoms with van der Waals surface area (Å²) < 4.78 is 15.8. The van der Waals surface area contributed by atoms with E-state index in [-0.39, 0.29) is 17.4 Å². The van der Waals surface area contributed by atoms with Gasteiger partial charge in [-0.2, -0.15) is 5.10 Å². The molecule has 1 aromatic carbocycles. The topological polar surface area (TPSA) is 63.4 Å². The lowest BCUT2D eigenvalue weighted by Gasteiger charge is -2.31. The molecule has 1 aliphatic rings. The third-order valence-corrected chi connectivity index (χ3v) is 5.54. The molecule has 0 bridgehead atoms. The highest BCUT2D eigenvalue weighted by Gasteiger charge is 2.29. The van der Waals surface area contributed by atoms with Crippen LogP contribution >= 0.6 is 0 Å². The zero-order chi connectivity index (χ0) is 20.5. The summed E-state index contributed by atoms with van der Waals surface area (Å²) in [6.45, 7) is 1.10. The predicted octanol–water partition coefficient (Wildman–Crippen LogP) is 3.95. The fraction of sp³-hybridized carbons (Fsp3) is 0.217. The van der Waals surface area contributed by atoms with Gasteiger partial charge in [-0.3, -0.25) is 9.78 Å². The number of hydrogen-bond donors (Lipinski definition) is 0. The zero-order valence-corrected chi connectivity index (χ0v) is 16.3. The normalized spacial score (nSPS) is 16.7. The van der Waals surface area contributed by atoms with Crippen LogP contribution in [-0.4, -0.2) is 43.5 Å². The summed E-state index contributed by atoms with van der Waals surface area (Å²) in [5, 5.41) is 4.68. The molecule has 7 heteroatoms. The van der Waals surface area contributed by atoms with E-state index < -0.39 is 5.82 Å². The average Bonchev–Trinajstić information content (AvgIpc) is 3.23. The van der Waals surface area contributed by atoms with Crippen LogP contribution in [0.2, 0.25) is 0 Å². The number of nitrogens with zero attached hydrogens (tertiary/aromatic N) is 5. The highest BCUT2D eigenvalue weighted by molar-refractivity contribution is 5.94. The molecule has 1 amide bonds. The van der Waals surface area contributed by atoms with E-state index >= 15 is 0 Å². The van der Waals surface area contributed by atoms with Crippen molar-refractivity contribution in [3.8, 4) is 11.1 Å². The van der Waals surface area contributed by atoms with Crippen LogP contribution < -0.4 is 0 Å². The molecule has 0 aliphatic carbocycles. The Hall–Kier alpha value is -3.61. The fourth-order valence-electron chi connectivity index (χ4n) is 3.97. The van der Waals surface area contributed by atoms with E-state index in [1.54, 1.807) is 33.9 Å². The second-order valence-corrected chi connectivity index (χ2v) is 7.50. The number of fused-ring (bicyclic) bond motifs is 1. The second kappa shape index (κ2) is 7.67. The van der Waals surface area contributed by atoms with Gasteiger partial charge in [0.15, 0.2) is 11.5 Å². The van der Waals surface area contributed by atoms with Crippen LogP contribution in [0.5, 0.6) is 0 Å². The van der Waals surface area contributed by atoms with Gasteiger partial charge in [0.25, 0.3) is 5.91 Å². The molecule has 6 nitrogen and oxygen atoms in total. The van der Waals surface area contributed by atoms with Crippen LogP contribution in [0, 0.1) is 5.82 Å². The minimum Gasteiger partial charge on any atom is -0.338 e. The van der Waals surface area contributed by atoms with Crippen molar-refractivity contribution in [1.82, 2.24) is 24.5 Å². The lowest BCUT2D eigenvalue weighted by Crippen LogP contribution is -2.39. The SMILES string of the molecule is O=C(c1ccccc1F)N1CCC[C@@H](c2nc3ccc(-c4ccncc4)cn3n2)C1. The van der Waals surface area contributed by atoms with E-state index in [9.17, 15) is 9.18 Å². The first-order valence-electron chi connectivity index (χ1n) is 9.99. The first kappa shape index (κ1) is 18.4. The molecule has 150 valence electrons. The summed E-state index contributed by atoms with van der Waals surface area (Å²) in [6, 6.07) is 14.0. The van der Waals surface area contributed by atoms with Gasteiger partial charge in [-0.15, -0.1) is 0 Å². The van der Waals surface area contributed by atoms with Crippen LogP contribution in [0.4, 0.5) is 4.39 Å². The van der Waals surface area contributed by atoms with Gasteiger partial charge in [-0.05, 0) is 54.8 Å². The molecule has 1 saturated heterocycles. The lowest BCUT2D eigenvalue weighted by molar-refractivity contribution is 0.0700. The van der Waals surface area contributed by atoms with Crippen LogP contribution in [-0.2, 0) is 0 Å². The summed E-state index contributed by atoms with van der Waals surface area (Å²) in [5.41, 5.74) is 2.97. The van der Waals surface area contributed by atoms with Gasteiger partial charge in [-0.25, -0.2) is 13.9 Å². The van der Waals surface area contributed by atoms with Gasteiger partial charge in [0.2, 0.25) is 0 Å². The monoisotopic (exact) mass is 401 g/mol. The molecule has 4 aromatic rings. The van der Waals surface area contributed by atoms with E-state index in [2.05, 4.69) is 15.1 Å². The van der Waals surface area contributed by atoms with Crippen molar-refractivity contribution in [3.05, 3.63) is 84.3 Å². The molecule has 1 fully saturated rings. The number of halogens is 1. The molecule has 0 unspecified atom stereocenters. The fourth-order valence-corrected chi connectivity index (χ4v) is 3.97. The second-order valence-electron chi connectivity index (χ2n) is 7.50. The van der Waals surface area contributed by atoms with Gasteiger partial charge in [0.05, 0.1) is 5.56 Å². The van der Waals surface area contributed by atoms with Crippen molar-refractivity contribution >= 4 is 11.6 Å². The summed E-state index contributed by atoms with van der Waals surface area (Å²) in [7, 11) is 0. The molecular formula is C23H20FN5O. The zero-order valence-electron chi connectivity index (χ0n) is 16.3. The molecule has 0 radical (unpaired) electrons. The number of carbonyl (C=O) groups excluding carboxylic acids is 1. The molecule has 0 saturated carbocycles. The van der Waals surface area contributed by atoms with Crippen molar-refractivity contribution in [2.75, 3.05) is 13.1 Å². The number of rotatable bonds is 3. The number of pyridine rings is 2. The molecule has 4 heterocycles. The Bertz CT molecular complexity index is 1210. The molecule has 30 heavy (non-hydrogen) atoms. The van der Waals surface area contributed by atoms with Gasteiger partial charge in [0.1, 0.15) is 5.82 Å². The van der Waals surface area contributed by atoms with E-state index in [0.717, 1.165) is 29.6 Å². The number of hydrogen-bond acceptors (Lipinski definition) is 4. The van der Waals surface area contributed by atoms with Gasteiger partial charge >= 0.3 is 0 Å². The van der Waals surface area contributed by atoms with Crippen molar-refractivity contribution in [2.45, 2.75) is 18.8 Å². The molecule has 5 rings (SSSR count). The predicted molar refractivity (Wildman–Crippen MR) is 110 cm³/mol. The summed E-state index contributed by atoms with van der Waals surface area (Å²) >= 11 is 0. The Morgan fingerprint density at radius 2 is 1.87 bits per heavy atom. The minimum atomic E-state index is -0.487. The Balaban J connectivity index is 1.40. The minimum absolute atomic E-state index is 0.0266. The molecule has 0 N–H and O–H groups in total. The summed E-state index contributed by atoms with van der Waals surface area (Å²) in [4.78, 5) is 23.3. The third-order valence-electron chi connectivity index (χ3n) is 5.54. The number of piperidine rings is 1. The van der Waals surface area contributed by atoms with Gasteiger partial charge in [-0.1, -0.05) is 12.1 Å². The van der Waals surface area contributed by atoms with E-state index in [1.165, 1.54) is 12.1 Å².